The van der Waals surface area contributed by atoms with Crippen molar-refractivity contribution in [1.29, 1.82) is 0 Å². The van der Waals surface area contributed by atoms with Crippen LogP contribution in [-0.4, -0.2) is 34.6 Å². The second kappa shape index (κ2) is 14.9. The normalized spacial score (nSPS) is 18.7. The zero-order valence-electron chi connectivity index (χ0n) is 21.2. The maximum absolute atomic E-state index is 11.2. The van der Waals surface area contributed by atoms with Gasteiger partial charge in [0.1, 0.15) is 6.10 Å². The molecule has 33 heavy (non-hydrogen) atoms. The zero-order chi connectivity index (χ0) is 25.0. The van der Waals surface area contributed by atoms with Crippen molar-refractivity contribution in [2.75, 3.05) is 0 Å². The van der Waals surface area contributed by atoms with E-state index in [4.69, 9.17) is 10.5 Å². The van der Waals surface area contributed by atoms with Crippen LogP contribution in [0, 0.1) is 29.6 Å². The van der Waals surface area contributed by atoms with Crippen molar-refractivity contribution in [3.8, 4) is 0 Å². The van der Waals surface area contributed by atoms with Gasteiger partial charge in [-0.05, 0) is 36.7 Å². The van der Waals surface area contributed by atoms with E-state index in [1.54, 1.807) is 0 Å². The van der Waals surface area contributed by atoms with Gasteiger partial charge < -0.3 is 20.7 Å². The Morgan fingerprint density at radius 2 is 1.52 bits per heavy atom. The number of benzene rings is 1. The van der Waals surface area contributed by atoms with E-state index in [-0.39, 0.29) is 29.6 Å². The van der Waals surface area contributed by atoms with Crippen LogP contribution in [-0.2, 0) is 11.2 Å². The number of hydrogen-bond donors (Lipinski definition) is 3. The van der Waals surface area contributed by atoms with Gasteiger partial charge in [-0.1, -0.05) is 96.2 Å². The number of aliphatic hydroxyl groups excluding tert-OH is 2. The maximum atomic E-state index is 11.2. The van der Waals surface area contributed by atoms with Gasteiger partial charge in [0.25, 0.3) is 0 Å². The summed E-state index contributed by atoms with van der Waals surface area (Å²) in [5.41, 5.74) is 6.51. The Kier molecular flexibility index (Phi) is 13.1. The summed E-state index contributed by atoms with van der Waals surface area (Å²) in [5, 5.41) is 21.4. The number of carbonyl (C=O) groups is 1. The minimum absolute atomic E-state index is 0.00199. The van der Waals surface area contributed by atoms with E-state index in [1.165, 1.54) is 5.56 Å². The van der Waals surface area contributed by atoms with Gasteiger partial charge in [-0.2, -0.15) is 0 Å². The molecular formula is C28H45NO4. The SMILES string of the molecule is CC(C)C(OC(N)=O)C(C)C(O)C(C)C/C=C/C(C)C(O)C(C)/C=C/CCc1ccccc1. The molecule has 7 unspecified atom stereocenters. The number of amides is 1. The van der Waals surface area contributed by atoms with E-state index < -0.39 is 24.4 Å². The highest BCUT2D eigenvalue weighted by atomic mass is 16.6. The van der Waals surface area contributed by atoms with Gasteiger partial charge in [0, 0.05) is 17.8 Å². The molecule has 0 fully saturated rings. The first-order chi connectivity index (χ1) is 15.5. The summed E-state index contributed by atoms with van der Waals surface area (Å²) in [4.78, 5) is 11.2. The van der Waals surface area contributed by atoms with Crippen LogP contribution >= 0.6 is 0 Å². The van der Waals surface area contributed by atoms with Crippen LogP contribution in [0.3, 0.4) is 0 Å². The summed E-state index contributed by atoms with van der Waals surface area (Å²) in [6.07, 6.45) is 8.57. The molecule has 0 bridgehead atoms. The molecule has 1 aromatic rings. The third-order valence-electron chi connectivity index (χ3n) is 6.46. The monoisotopic (exact) mass is 459 g/mol. The van der Waals surface area contributed by atoms with E-state index in [0.717, 1.165) is 12.8 Å². The van der Waals surface area contributed by atoms with Gasteiger partial charge in [-0.25, -0.2) is 4.79 Å². The van der Waals surface area contributed by atoms with Crippen molar-refractivity contribution < 1.29 is 19.7 Å². The van der Waals surface area contributed by atoms with E-state index in [0.29, 0.717) is 6.42 Å². The van der Waals surface area contributed by atoms with E-state index in [1.807, 2.05) is 59.8 Å². The molecule has 1 amide bonds. The van der Waals surface area contributed by atoms with Crippen LogP contribution in [0.1, 0.15) is 59.9 Å². The number of primary amides is 1. The van der Waals surface area contributed by atoms with E-state index in [2.05, 4.69) is 36.4 Å². The van der Waals surface area contributed by atoms with Crippen LogP contribution in [0.25, 0.3) is 0 Å². The molecule has 0 aliphatic rings. The predicted molar refractivity (Wildman–Crippen MR) is 136 cm³/mol. The minimum Gasteiger partial charge on any atom is -0.446 e. The molecule has 5 nitrogen and oxygen atoms in total. The fourth-order valence-electron chi connectivity index (χ4n) is 4.26. The molecule has 0 radical (unpaired) electrons. The molecule has 0 spiro atoms. The Hall–Kier alpha value is -2.11. The topological polar surface area (TPSA) is 92.8 Å². The smallest absolute Gasteiger partial charge is 0.404 e. The lowest BCUT2D eigenvalue weighted by atomic mass is 9.83. The average molecular weight is 460 g/mol. The summed E-state index contributed by atoms with van der Waals surface area (Å²) in [7, 11) is 0. The number of carbonyl (C=O) groups excluding carboxylic acids is 1. The van der Waals surface area contributed by atoms with Crippen LogP contribution in [0.2, 0.25) is 0 Å². The second-order valence-electron chi connectivity index (χ2n) is 9.80. The lowest BCUT2D eigenvalue weighted by Crippen LogP contribution is -2.40. The summed E-state index contributed by atoms with van der Waals surface area (Å²) >= 11 is 0. The molecule has 1 rings (SSSR count). The van der Waals surface area contributed by atoms with Crippen molar-refractivity contribution in [3.63, 3.8) is 0 Å². The Labute approximate surface area is 200 Å². The van der Waals surface area contributed by atoms with Crippen molar-refractivity contribution in [3.05, 3.63) is 60.2 Å². The van der Waals surface area contributed by atoms with Crippen LogP contribution in [0.4, 0.5) is 4.79 Å². The number of aliphatic hydroxyl groups is 2. The third kappa shape index (κ3) is 10.6. The number of nitrogens with two attached hydrogens (primary N) is 1. The van der Waals surface area contributed by atoms with Crippen molar-refractivity contribution >= 4 is 6.09 Å². The highest BCUT2D eigenvalue weighted by Gasteiger charge is 2.32. The number of hydrogen-bond acceptors (Lipinski definition) is 4. The highest BCUT2D eigenvalue weighted by Crippen LogP contribution is 2.26. The van der Waals surface area contributed by atoms with Gasteiger partial charge in [0.05, 0.1) is 12.2 Å². The molecule has 0 aromatic heterocycles. The molecule has 186 valence electrons. The molecule has 7 atom stereocenters. The Morgan fingerprint density at radius 3 is 2.06 bits per heavy atom. The van der Waals surface area contributed by atoms with E-state index >= 15 is 0 Å². The van der Waals surface area contributed by atoms with Crippen LogP contribution in [0.15, 0.2) is 54.6 Å². The van der Waals surface area contributed by atoms with Crippen molar-refractivity contribution in [1.82, 2.24) is 0 Å². The lowest BCUT2D eigenvalue weighted by Gasteiger charge is -2.32. The van der Waals surface area contributed by atoms with E-state index in [9.17, 15) is 15.0 Å². The molecule has 5 heteroatoms. The number of ether oxygens (including phenoxy) is 1. The highest BCUT2D eigenvalue weighted by molar-refractivity contribution is 5.64. The van der Waals surface area contributed by atoms with Gasteiger partial charge in [-0.15, -0.1) is 0 Å². The molecule has 4 N–H and O–H groups in total. The largest absolute Gasteiger partial charge is 0.446 e. The van der Waals surface area contributed by atoms with Gasteiger partial charge >= 0.3 is 6.09 Å². The number of aryl methyl sites for hydroxylation is 1. The van der Waals surface area contributed by atoms with Crippen LogP contribution < -0.4 is 5.73 Å². The first kappa shape index (κ1) is 28.9. The third-order valence-corrected chi connectivity index (χ3v) is 6.46. The maximum Gasteiger partial charge on any atom is 0.404 e. The Morgan fingerprint density at radius 1 is 0.939 bits per heavy atom. The molecule has 0 heterocycles. The van der Waals surface area contributed by atoms with Crippen molar-refractivity contribution in [2.24, 2.45) is 35.3 Å². The summed E-state index contributed by atoms with van der Waals surface area (Å²) in [6.45, 7) is 11.8. The zero-order valence-corrected chi connectivity index (χ0v) is 21.2. The summed E-state index contributed by atoms with van der Waals surface area (Å²) in [5.74, 6) is -0.135. The predicted octanol–water partition coefficient (Wildman–Crippen LogP) is 5.51. The van der Waals surface area contributed by atoms with Crippen molar-refractivity contribution in [2.45, 2.75) is 79.1 Å². The number of allylic oxidation sites excluding steroid dienone is 2. The molecular weight excluding hydrogens is 414 g/mol. The fourth-order valence-corrected chi connectivity index (χ4v) is 4.26. The summed E-state index contributed by atoms with van der Waals surface area (Å²) in [6, 6.07) is 10.4. The first-order valence-corrected chi connectivity index (χ1v) is 12.2. The average Bonchev–Trinajstić information content (AvgIpc) is 2.78. The van der Waals surface area contributed by atoms with Gasteiger partial charge in [0.2, 0.25) is 0 Å². The van der Waals surface area contributed by atoms with Crippen LogP contribution in [0.5, 0.6) is 0 Å². The first-order valence-electron chi connectivity index (χ1n) is 12.2. The quantitative estimate of drug-likeness (QED) is 0.320. The summed E-state index contributed by atoms with van der Waals surface area (Å²) < 4.78 is 5.23. The number of rotatable bonds is 14. The lowest BCUT2D eigenvalue weighted by molar-refractivity contribution is -0.0308. The molecule has 0 aliphatic heterocycles. The molecule has 0 saturated heterocycles. The van der Waals surface area contributed by atoms with Gasteiger partial charge in [0.15, 0.2) is 0 Å². The molecule has 0 saturated carbocycles. The Bertz CT molecular complexity index is 731. The standard InChI is InChI=1S/C28H45NO4/c1-19(2)27(33-28(29)32)23(6)26(31)22(5)15-12-14-21(4)25(30)20(3)13-10-11-18-24-16-8-7-9-17-24/h7-10,12-14,16-17,19-23,25-27,30-31H,11,15,18H2,1-6H3,(H2,29,32)/b13-10+,14-12+. The molecule has 1 aromatic carbocycles. The van der Waals surface area contributed by atoms with Gasteiger partial charge in [-0.3, -0.25) is 0 Å². The minimum atomic E-state index is -0.814. The molecule has 0 aliphatic carbocycles. The second-order valence-corrected chi connectivity index (χ2v) is 9.80. The Balaban J connectivity index is 2.50. The fraction of sp³-hybridized carbons (Fsp3) is 0.607.